The van der Waals surface area contributed by atoms with Crippen LogP contribution in [0.15, 0.2) is 18.2 Å². The zero-order valence-electron chi connectivity index (χ0n) is 11.4. The number of benzene rings is 1. The number of halogens is 3. The lowest BCUT2D eigenvalue weighted by Crippen LogP contribution is -2.34. The molecule has 1 heterocycles. The summed E-state index contributed by atoms with van der Waals surface area (Å²) >= 11 is 0. The minimum atomic E-state index is -4.55. The van der Waals surface area contributed by atoms with Crippen LogP contribution in [-0.2, 0) is 6.18 Å². The van der Waals surface area contributed by atoms with Crippen LogP contribution in [0.1, 0.15) is 36.2 Å². The maximum atomic E-state index is 12.8. The van der Waals surface area contributed by atoms with Gasteiger partial charge in [0.25, 0.3) is 5.91 Å². The second-order valence-corrected chi connectivity index (χ2v) is 5.41. The molecule has 2 rings (SSSR count). The number of carbonyl (C=O) groups is 1. The van der Waals surface area contributed by atoms with Crippen LogP contribution >= 0.6 is 0 Å². The van der Waals surface area contributed by atoms with Crippen molar-refractivity contribution in [2.24, 2.45) is 5.92 Å². The third-order valence-corrected chi connectivity index (χ3v) is 3.69. The fraction of sp³-hybridized carbons (Fsp3) is 0.500. The van der Waals surface area contributed by atoms with Gasteiger partial charge in [-0.1, -0.05) is 13.0 Å². The summed E-state index contributed by atoms with van der Waals surface area (Å²) in [5.74, 6) is -0.0774. The molecule has 0 aromatic heterocycles. The fourth-order valence-corrected chi connectivity index (χ4v) is 2.74. The van der Waals surface area contributed by atoms with Gasteiger partial charge in [0, 0.05) is 12.6 Å². The summed E-state index contributed by atoms with van der Waals surface area (Å²) in [6.07, 6.45) is -3.70. The van der Waals surface area contributed by atoms with Crippen LogP contribution in [0.3, 0.4) is 0 Å². The van der Waals surface area contributed by atoms with Crippen molar-refractivity contribution < 1.29 is 18.0 Å². The highest BCUT2D eigenvalue weighted by Gasteiger charge is 2.36. The molecular weight excluding hydrogens is 269 g/mol. The van der Waals surface area contributed by atoms with Gasteiger partial charge in [-0.05, 0) is 31.4 Å². The van der Waals surface area contributed by atoms with Crippen molar-refractivity contribution in [3.05, 3.63) is 29.3 Å². The molecule has 1 aliphatic heterocycles. The van der Waals surface area contributed by atoms with Gasteiger partial charge in [0.1, 0.15) is 0 Å². The van der Waals surface area contributed by atoms with Crippen LogP contribution in [0.2, 0.25) is 0 Å². The van der Waals surface area contributed by atoms with Gasteiger partial charge in [0.05, 0.1) is 16.8 Å². The molecule has 1 saturated heterocycles. The predicted molar refractivity (Wildman–Crippen MR) is 70.1 cm³/mol. The number of hydrogen-bond donors (Lipinski definition) is 1. The van der Waals surface area contributed by atoms with E-state index in [-0.39, 0.29) is 11.6 Å². The zero-order chi connectivity index (χ0) is 15.1. The van der Waals surface area contributed by atoms with Gasteiger partial charge in [-0.3, -0.25) is 4.79 Å². The third-order valence-electron chi connectivity index (χ3n) is 3.69. The van der Waals surface area contributed by atoms with Gasteiger partial charge in [-0.15, -0.1) is 0 Å². The average molecular weight is 286 g/mol. The first-order valence-corrected chi connectivity index (χ1v) is 6.48. The summed E-state index contributed by atoms with van der Waals surface area (Å²) in [7, 11) is 0. The van der Waals surface area contributed by atoms with Crippen molar-refractivity contribution in [1.29, 1.82) is 0 Å². The number of hydrogen-bond acceptors (Lipinski definition) is 2. The van der Waals surface area contributed by atoms with Crippen molar-refractivity contribution in [3.8, 4) is 0 Å². The molecule has 0 spiro atoms. The lowest BCUT2D eigenvalue weighted by atomic mass is 10.1. The molecule has 2 unspecified atom stereocenters. The maximum Gasteiger partial charge on any atom is 0.418 e. The monoisotopic (exact) mass is 286 g/mol. The van der Waals surface area contributed by atoms with E-state index in [1.807, 2.05) is 13.8 Å². The van der Waals surface area contributed by atoms with Gasteiger partial charge in [-0.2, -0.15) is 13.2 Å². The van der Waals surface area contributed by atoms with Crippen LogP contribution in [0.5, 0.6) is 0 Å². The summed E-state index contributed by atoms with van der Waals surface area (Å²) < 4.78 is 38.4. The highest BCUT2D eigenvalue weighted by molar-refractivity contribution is 6.00. The molecule has 1 fully saturated rings. The minimum absolute atomic E-state index is 0.0199. The number of para-hydroxylation sites is 1. The molecule has 6 heteroatoms. The molecule has 2 N–H and O–H groups in total. The first-order valence-electron chi connectivity index (χ1n) is 6.48. The van der Waals surface area contributed by atoms with E-state index in [0.717, 1.165) is 12.5 Å². The fourth-order valence-electron chi connectivity index (χ4n) is 2.74. The van der Waals surface area contributed by atoms with Crippen molar-refractivity contribution in [2.45, 2.75) is 32.5 Å². The summed E-state index contributed by atoms with van der Waals surface area (Å²) in [4.78, 5) is 14.0. The van der Waals surface area contributed by atoms with E-state index < -0.39 is 23.3 Å². The lowest BCUT2D eigenvalue weighted by Gasteiger charge is -2.23. The highest BCUT2D eigenvalue weighted by atomic mass is 19.4. The molecule has 2 atom stereocenters. The minimum Gasteiger partial charge on any atom is -0.398 e. The Kier molecular flexibility index (Phi) is 3.67. The van der Waals surface area contributed by atoms with E-state index in [0.29, 0.717) is 12.5 Å². The van der Waals surface area contributed by atoms with Crippen molar-refractivity contribution in [2.75, 3.05) is 12.3 Å². The standard InChI is InChI=1S/C14H17F3N2O/c1-8-6-9(2)19(7-8)13(20)10-4-3-5-11(12(10)18)14(15,16)17/h3-5,8-9H,6-7,18H2,1-2H3. The summed E-state index contributed by atoms with van der Waals surface area (Å²) in [5.41, 5.74) is 4.04. The predicted octanol–water partition coefficient (Wildman–Crippen LogP) is 3.16. The number of nitrogens with two attached hydrogens (primary N) is 1. The molecule has 0 saturated carbocycles. The van der Waals surface area contributed by atoms with E-state index in [9.17, 15) is 18.0 Å². The molecule has 3 nitrogen and oxygen atoms in total. The number of rotatable bonds is 1. The topological polar surface area (TPSA) is 46.3 Å². The van der Waals surface area contributed by atoms with Crippen molar-refractivity contribution >= 4 is 11.6 Å². The summed E-state index contributed by atoms with van der Waals surface area (Å²) in [5, 5.41) is 0. The van der Waals surface area contributed by atoms with Gasteiger partial charge < -0.3 is 10.6 Å². The molecular formula is C14H17F3N2O. The number of likely N-dealkylation sites (tertiary alicyclic amines) is 1. The number of carbonyl (C=O) groups excluding carboxylic acids is 1. The van der Waals surface area contributed by atoms with Crippen LogP contribution in [-0.4, -0.2) is 23.4 Å². The summed E-state index contributed by atoms with van der Waals surface area (Å²) in [6, 6.07) is 3.48. The Morgan fingerprint density at radius 2 is 2.00 bits per heavy atom. The Labute approximate surface area is 115 Å². The molecule has 20 heavy (non-hydrogen) atoms. The summed E-state index contributed by atoms with van der Waals surface area (Å²) in [6.45, 7) is 4.46. The Hall–Kier alpha value is -1.72. The third kappa shape index (κ3) is 2.59. The van der Waals surface area contributed by atoms with Crippen LogP contribution in [0, 0.1) is 5.92 Å². The SMILES string of the molecule is CC1CC(C)N(C(=O)c2cccc(C(F)(F)F)c2N)C1. The molecule has 0 radical (unpaired) electrons. The number of nitrogen functional groups attached to an aromatic ring is 1. The molecule has 1 aliphatic rings. The lowest BCUT2D eigenvalue weighted by molar-refractivity contribution is -0.136. The number of nitrogens with zero attached hydrogens (tertiary/aromatic N) is 1. The van der Waals surface area contributed by atoms with Crippen molar-refractivity contribution in [1.82, 2.24) is 4.90 Å². The second-order valence-electron chi connectivity index (χ2n) is 5.41. The Morgan fingerprint density at radius 1 is 1.35 bits per heavy atom. The largest absolute Gasteiger partial charge is 0.418 e. The Balaban J connectivity index is 2.36. The second kappa shape index (κ2) is 5.00. The maximum absolute atomic E-state index is 12.8. The first-order chi connectivity index (χ1) is 9.21. The Bertz CT molecular complexity index is 528. The molecule has 110 valence electrons. The molecule has 1 aromatic rings. The molecule has 0 aliphatic carbocycles. The molecule has 0 bridgehead atoms. The van der Waals surface area contributed by atoms with E-state index in [2.05, 4.69) is 0 Å². The van der Waals surface area contributed by atoms with Gasteiger partial charge in [0.15, 0.2) is 0 Å². The highest BCUT2D eigenvalue weighted by Crippen LogP contribution is 2.36. The van der Waals surface area contributed by atoms with Crippen LogP contribution in [0.25, 0.3) is 0 Å². The number of amides is 1. The molecule has 1 aromatic carbocycles. The zero-order valence-corrected chi connectivity index (χ0v) is 11.4. The first kappa shape index (κ1) is 14.7. The van der Waals surface area contributed by atoms with E-state index in [4.69, 9.17) is 5.73 Å². The quantitative estimate of drug-likeness (QED) is 0.806. The van der Waals surface area contributed by atoms with E-state index in [1.165, 1.54) is 12.1 Å². The number of alkyl halides is 3. The van der Waals surface area contributed by atoms with Crippen molar-refractivity contribution in [3.63, 3.8) is 0 Å². The van der Waals surface area contributed by atoms with E-state index in [1.54, 1.807) is 4.90 Å². The van der Waals surface area contributed by atoms with Crippen LogP contribution < -0.4 is 5.73 Å². The van der Waals surface area contributed by atoms with Gasteiger partial charge in [0.2, 0.25) is 0 Å². The Morgan fingerprint density at radius 3 is 2.50 bits per heavy atom. The van der Waals surface area contributed by atoms with Gasteiger partial charge >= 0.3 is 6.18 Å². The van der Waals surface area contributed by atoms with Gasteiger partial charge in [-0.25, -0.2) is 0 Å². The smallest absolute Gasteiger partial charge is 0.398 e. The number of anilines is 1. The van der Waals surface area contributed by atoms with E-state index >= 15 is 0 Å². The average Bonchev–Trinajstić information content (AvgIpc) is 2.66. The normalized spacial score (nSPS) is 23.1. The molecule has 1 amide bonds. The van der Waals surface area contributed by atoms with Crippen LogP contribution in [0.4, 0.5) is 18.9 Å².